The number of likely N-dealkylation sites (tertiary alicyclic amines) is 1. The Morgan fingerprint density at radius 2 is 1.96 bits per heavy atom. The third kappa shape index (κ3) is 4.97. The minimum atomic E-state index is -0.361. The molecule has 3 rings (SSSR count). The van der Waals surface area contributed by atoms with Crippen LogP contribution in [0.4, 0.5) is 0 Å². The largest absolute Gasteiger partial charge is 0.465 e. The van der Waals surface area contributed by atoms with Crippen LogP contribution in [0.3, 0.4) is 0 Å². The topological polar surface area (TPSA) is 71.5 Å². The van der Waals surface area contributed by atoms with Crippen molar-refractivity contribution >= 4 is 23.2 Å². The van der Waals surface area contributed by atoms with Gasteiger partial charge in [-0.25, -0.2) is 9.78 Å². The fraction of sp³-hybridized carbons (Fsp3) is 0.476. The maximum absolute atomic E-state index is 12.6. The lowest BCUT2D eigenvalue weighted by molar-refractivity contribution is -0.126. The van der Waals surface area contributed by atoms with Crippen molar-refractivity contribution in [2.45, 2.75) is 45.2 Å². The number of esters is 1. The van der Waals surface area contributed by atoms with Crippen molar-refractivity contribution in [2.75, 3.05) is 20.2 Å². The number of aromatic nitrogens is 1. The summed E-state index contributed by atoms with van der Waals surface area (Å²) in [6, 6.07) is 6.93. The van der Waals surface area contributed by atoms with Crippen LogP contribution in [0.5, 0.6) is 0 Å². The van der Waals surface area contributed by atoms with Gasteiger partial charge in [0, 0.05) is 23.5 Å². The van der Waals surface area contributed by atoms with Gasteiger partial charge in [0.2, 0.25) is 5.91 Å². The van der Waals surface area contributed by atoms with Gasteiger partial charge in [-0.15, -0.1) is 11.3 Å². The summed E-state index contributed by atoms with van der Waals surface area (Å²) in [5, 5.41) is 6.33. The second kappa shape index (κ2) is 9.30. The van der Waals surface area contributed by atoms with Crippen molar-refractivity contribution in [2.24, 2.45) is 0 Å². The Kier molecular flexibility index (Phi) is 6.80. The van der Waals surface area contributed by atoms with Crippen LogP contribution in [0.2, 0.25) is 0 Å². The van der Waals surface area contributed by atoms with Gasteiger partial charge in [0.05, 0.1) is 23.7 Å². The molecule has 0 saturated carbocycles. The second-order valence-electron chi connectivity index (χ2n) is 7.22. The quantitative estimate of drug-likeness (QED) is 0.753. The van der Waals surface area contributed by atoms with Crippen molar-refractivity contribution in [3.8, 4) is 0 Å². The van der Waals surface area contributed by atoms with E-state index in [0.717, 1.165) is 37.2 Å². The molecule has 150 valence electrons. The van der Waals surface area contributed by atoms with E-state index in [0.29, 0.717) is 18.0 Å². The Bertz CT molecular complexity index is 811. The lowest BCUT2D eigenvalue weighted by atomic mass is 9.96. The average Bonchev–Trinajstić information content (AvgIpc) is 3.17. The minimum Gasteiger partial charge on any atom is -0.465 e. The van der Waals surface area contributed by atoms with Gasteiger partial charge in [-0.1, -0.05) is 12.1 Å². The SMILES string of the molecule is COC(=O)c1ccc(CNC(=O)C(C)N2CCC(c3nc(C)cs3)CC2)cc1. The van der Waals surface area contributed by atoms with Crippen LogP contribution in [0.25, 0.3) is 0 Å². The van der Waals surface area contributed by atoms with E-state index >= 15 is 0 Å². The third-order valence-electron chi connectivity index (χ3n) is 5.28. The molecule has 6 nitrogen and oxygen atoms in total. The van der Waals surface area contributed by atoms with Crippen LogP contribution >= 0.6 is 11.3 Å². The first-order chi connectivity index (χ1) is 13.5. The second-order valence-corrected chi connectivity index (χ2v) is 8.11. The number of ether oxygens (including phenoxy) is 1. The summed E-state index contributed by atoms with van der Waals surface area (Å²) in [4.78, 5) is 30.9. The number of amides is 1. The van der Waals surface area contributed by atoms with E-state index in [9.17, 15) is 9.59 Å². The summed E-state index contributed by atoms with van der Waals surface area (Å²) in [6.45, 7) is 6.25. The molecule has 1 aromatic heterocycles. The Hall–Kier alpha value is -2.25. The zero-order valence-electron chi connectivity index (χ0n) is 16.6. The first-order valence-electron chi connectivity index (χ1n) is 9.59. The number of aryl methyl sites for hydroxylation is 1. The number of carbonyl (C=O) groups is 2. The molecule has 7 heteroatoms. The molecule has 1 atom stereocenters. The summed E-state index contributed by atoms with van der Waals surface area (Å²) in [6.07, 6.45) is 2.08. The number of nitrogens with zero attached hydrogens (tertiary/aromatic N) is 2. The standard InChI is InChI=1S/C21H27N3O3S/c1-14-13-28-20(23-14)17-8-10-24(11-9-17)15(2)19(25)22-12-16-4-6-18(7-5-16)21(26)27-3/h4-7,13,15,17H,8-12H2,1-3H3,(H,22,25). The molecular weight excluding hydrogens is 374 g/mol. The monoisotopic (exact) mass is 401 g/mol. The average molecular weight is 402 g/mol. The first-order valence-corrected chi connectivity index (χ1v) is 10.5. The maximum Gasteiger partial charge on any atom is 0.337 e. The number of rotatable bonds is 6. The Morgan fingerprint density at radius 1 is 1.29 bits per heavy atom. The number of benzene rings is 1. The van der Waals surface area contributed by atoms with E-state index in [1.807, 2.05) is 26.0 Å². The lowest BCUT2D eigenvalue weighted by Crippen LogP contribution is -2.47. The molecule has 1 unspecified atom stereocenters. The van der Waals surface area contributed by atoms with E-state index in [4.69, 9.17) is 4.74 Å². The number of hydrogen-bond acceptors (Lipinski definition) is 6. The molecule has 2 heterocycles. The summed E-state index contributed by atoms with van der Waals surface area (Å²) in [5.41, 5.74) is 2.55. The van der Waals surface area contributed by atoms with Crippen LogP contribution in [0.1, 0.15) is 52.3 Å². The summed E-state index contributed by atoms with van der Waals surface area (Å²) < 4.78 is 4.69. The molecule has 0 radical (unpaired) electrons. The fourth-order valence-electron chi connectivity index (χ4n) is 3.47. The number of carbonyl (C=O) groups excluding carboxylic acids is 2. The summed E-state index contributed by atoms with van der Waals surface area (Å²) in [7, 11) is 1.36. The van der Waals surface area contributed by atoms with Gasteiger partial charge in [-0.05, 0) is 57.5 Å². The van der Waals surface area contributed by atoms with E-state index in [1.54, 1.807) is 23.5 Å². The minimum absolute atomic E-state index is 0.0283. The predicted octanol–water partition coefficient (Wildman–Crippen LogP) is 3.12. The van der Waals surface area contributed by atoms with Crippen molar-refractivity contribution in [3.63, 3.8) is 0 Å². The molecule has 1 aromatic carbocycles. The smallest absolute Gasteiger partial charge is 0.337 e. The zero-order chi connectivity index (χ0) is 20.1. The molecule has 2 aromatic rings. The van der Waals surface area contributed by atoms with Gasteiger partial charge >= 0.3 is 5.97 Å². The van der Waals surface area contributed by atoms with Crippen LogP contribution in [-0.2, 0) is 16.1 Å². The number of methoxy groups -OCH3 is 1. The van der Waals surface area contributed by atoms with Gasteiger partial charge in [-0.3, -0.25) is 9.69 Å². The number of thiazole rings is 1. The molecule has 0 aliphatic carbocycles. The predicted molar refractivity (Wildman–Crippen MR) is 109 cm³/mol. The Labute approximate surface area is 169 Å². The van der Waals surface area contributed by atoms with Gasteiger partial charge in [0.25, 0.3) is 0 Å². The third-order valence-corrected chi connectivity index (χ3v) is 6.41. The van der Waals surface area contributed by atoms with E-state index in [1.165, 1.54) is 12.1 Å². The van der Waals surface area contributed by atoms with Crippen LogP contribution in [0, 0.1) is 6.92 Å². The highest BCUT2D eigenvalue weighted by atomic mass is 32.1. The number of nitrogens with one attached hydrogen (secondary N) is 1. The Morgan fingerprint density at radius 3 is 2.54 bits per heavy atom. The van der Waals surface area contributed by atoms with Gasteiger partial charge in [0.1, 0.15) is 0 Å². The number of hydrogen-bond donors (Lipinski definition) is 1. The fourth-order valence-corrected chi connectivity index (χ4v) is 4.44. The summed E-state index contributed by atoms with van der Waals surface area (Å²) in [5.74, 6) is 0.180. The van der Waals surface area contributed by atoms with E-state index < -0.39 is 0 Å². The van der Waals surface area contributed by atoms with Crippen molar-refractivity contribution in [3.05, 3.63) is 51.5 Å². The highest BCUT2D eigenvalue weighted by Gasteiger charge is 2.28. The molecule has 1 amide bonds. The zero-order valence-corrected chi connectivity index (χ0v) is 17.4. The summed E-state index contributed by atoms with van der Waals surface area (Å²) >= 11 is 1.74. The maximum atomic E-state index is 12.6. The van der Waals surface area contributed by atoms with E-state index in [-0.39, 0.29) is 17.9 Å². The highest BCUT2D eigenvalue weighted by molar-refractivity contribution is 7.09. The molecule has 28 heavy (non-hydrogen) atoms. The Balaban J connectivity index is 1.46. The normalized spacial score (nSPS) is 16.5. The first kappa shape index (κ1) is 20.5. The molecule has 1 aliphatic heterocycles. The van der Waals surface area contributed by atoms with Crippen molar-refractivity contribution < 1.29 is 14.3 Å². The van der Waals surface area contributed by atoms with Crippen molar-refractivity contribution in [1.29, 1.82) is 0 Å². The molecule has 1 aliphatic rings. The molecule has 0 spiro atoms. The highest BCUT2D eigenvalue weighted by Crippen LogP contribution is 2.30. The van der Waals surface area contributed by atoms with Gasteiger partial charge < -0.3 is 10.1 Å². The number of piperidine rings is 1. The molecule has 1 N–H and O–H groups in total. The van der Waals surface area contributed by atoms with Gasteiger partial charge in [0.15, 0.2) is 0 Å². The lowest BCUT2D eigenvalue weighted by Gasteiger charge is -2.34. The molecular formula is C21H27N3O3S. The van der Waals surface area contributed by atoms with Crippen LogP contribution in [-0.4, -0.2) is 48.0 Å². The van der Waals surface area contributed by atoms with Crippen molar-refractivity contribution in [1.82, 2.24) is 15.2 Å². The van der Waals surface area contributed by atoms with Crippen LogP contribution < -0.4 is 5.32 Å². The molecule has 1 saturated heterocycles. The van der Waals surface area contributed by atoms with E-state index in [2.05, 4.69) is 20.6 Å². The molecule has 1 fully saturated rings. The van der Waals surface area contributed by atoms with Gasteiger partial charge in [-0.2, -0.15) is 0 Å². The molecule has 0 bridgehead atoms. The van der Waals surface area contributed by atoms with Crippen LogP contribution in [0.15, 0.2) is 29.6 Å².